The Balaban J connectivity index is 1.75. The highest BCUT2D eigenvalue weighted by atomic mass is 16.3. The molecule has 0 aromatic carbocycles. The van der Waals surface area contributed by atoms with Gasteiger partial charge in [-0.2, -0.15) is 0 Å². The molecule has 8 unspecified atom stereocenters. The Morgan fingerprint density at radius 2 is 2.04 bits per heavy atom. The first-order chi connectivity index (χ1) is 12.2. The highest BCUT2D eigenvalue weighted by molar-refractivity contribution is 6.01. The van der Waals surface area contributed by atoms with Gasteiger partial charge in [-0.25, -0.2) is 0 Å². The molecule has 3 fully saturated rings. The molecule has 0 saturated heterocycles. The Kier molecular flexibility index (Phi) is 4.09. The van der Waals surface area contributed by atoms with Gasteiger partial charge in [-0.3, -0.25) is 9.59 Å². The van der Waals surface area contributed by atoms with Gasteiger partial charge in [0.15, 0.2) is 11.6 Å². The average molecular weight is 358 g/mol. The highest BCUT2D eigenvalue weighted by Crippen LogP contribution is 2.66. The summed E-state index contributed by atoms with van der Waals surface area (Å²) in [7, 11) is 0. The largest absolute Gasteiger partial charge is 0.393 e. The van der Waals surface area contributed by atoms with Crippen LogP contribution in [0.3, 0.4) is 0 Å². The molecule has 4 aliphatic rings. The first-order valence-corrected chi connectivity index (χ1v) is 9.99. The Morgan fingerprint density at radius 3 is 2.73 bits per heavy atom. The topological polar surface area (TPSA) is 74.6 Å². The minimum absolute atomic E-state index is 0.0485. The van der Waals surface area contributed by atoms with E-state index in [0.29, 0.717) is 24.2 Å². The third-order valence-electron chi connectivity index (χ3n) is 8.36. The van der Waals surface area contributed by atoms with Crippen LogP contribution in [0.2, 0.25) is 0 Å². The van der Waals surface area contributed by atoms with E-state index in [1.54, 1.807) is 12.2 Å². The summed E-state index contributed by atoms with van der Waals surface area (Å²) in [4.78, 5) is 24.3. The van der Waals surface area contributed by atoms with Crippen molar-refractivity contribution in [1.29, 1.82) is 0 Å². The van der Waals surface area contributed by atoms with Gasteiger partial charge in [-0.05, 0) is 61.0 Å². The normalized spacial score (nSPS) is 49.9. The number of allylic oxidation sites excluding steroid dienone is 4. The Bertz CT molecular complexity index is 707. The molecule has 142 valence electrons. The number of carbonyl (C=O) groups is 2. The summed E-state index contributed by atoms with van der Waals surface area (Å²) in [6.45, 7) is 6.12. The minimum Gasteiger partial charge on any atom is -0.393 e. The standard InChI is InChI=1S/C22H30O4/c1-12-8-14-15-4-5-16(19(26)11-23)22(15,3)10-18(25)20(14)21(2)7-6-13(24)9-17(12)21/h6-7,9,12,14-16,18,20,23,25H,4-5,8,10-11H2,1-3H3. The van der Waals surface area contributed by atoms with Crippen molar-refractivity contribution >= 4 is 11.6 Å². The van der Waals surface area contributed by atoms with Crippen LogP contribution in [0.5, 0.6) is 0 Å². The zero-order valence-electron chi connectivity index (χ0n) is 15.9. The Labute approximate surface area is 155 Å². The fourth-order valence-corrected chi connectivity index (χ4v) is 7.39. The third-order valence-corrected chi connectivity index (χ3v) is 8.36. The zero-order chi connectivity index (χ0) is 18.9. The number of hydrogen-bond donors (Lipinski definition) is 2. The number of ketones is 2. The molecular weight excluding hydrogens is 328 g/mol. The molecule has 26 heavy (non-hydrogen) atoms. The molecule has 2 N–H and O–H groups in total. The molecule has 0 aromatic heterocycles. The number of rotatable bonds is 2. The van der Waals surface area contributed by atoms with Crippen molar-refractivity contribution in [1.82, 2.24) is 0 Å². The van der Waals surface area contributed by atoms with Crippen molar-refractivity contribution in [3.05, 3.63) is 23.8 Å². The maximum absolute atomic E-state index is 12.3. The van der Waals surface area contributed by atoms with Crippen molar-refractivity contribution < 1.29 is 19.8 Å². The van der Waals surface area contributed by atoms with Gasteiger partial charge >= 0.3 is 0 Å². The summed E-state index contributed by atoms with van der Waals surface area (Å²) < 4.78 is 0. The quantitative estimate of drug-likeness (QED) is 0.796. The molecule has 4 nitrogen and oxygen atoms in total. The number of aliphatic hydroxyl groups excluding tert-OH is 2. The molecule has 0 radical (unpaired) electrons. The predicted molar refractivity (Wildman–Crippen MR) is 98.1 cm³/mol. The lowest BCUT2D eigenvalue weighted by molar-refractivity contribution is -0.143. The second-order valence-corrected chi connectivity index (χ2v) is 9.58. The second kappa shape index (κ2) is 5.87. The summed E-state index contributed by atoms with van der Waals surface area (Å²) in [5.41, 5.74) is 0.650. The van der Waals surface area contributed by atoms with Crippen LogP contribution in [-0.2, 0) is 9.59 Å². The van der Waals surface area contributed by atoms with E-state index in [0.717, 1.165) is 24.8 Å². The summed E-state index contributed by atoms with van der Waals surface area (Å²) in [5.74, 6) is 0.967. The van der Waals surface area contributed by atoms with Crippen molar-refractivity contribution in [2.24, 2.45) is 40.4 Å². The molecule has 4 rings (SSSR count). The fourth-order valence-electron chi connectivity index (χ4n) is 7.39. The lowest BCUT2D eigenvalue weighted by Gasteiger charge is -2.60. The van der Waals surface area contributed by atoms with Gasteiger partial charge in [-0.1, -0.05) is 32.4 Å². The maximum atomic E-state index is 12.3. The van der Waals surface area contributed by atoms with Gasteiger partial charge in [0.05, 0.1) is 6.10 Å². The Hall–Kier alpha value is -1.26. The SMILES string of the molecule is CC1CC2C(C(O)CC3(C)C(C(=O)CO)CCC23)C2(C)C=CC(=O)C=C12. The van der Waals surface area contributed by atoms with Crippen LogP contribution in [0.4, 0.5) is 0 Å². The lowest BCUT2D eigenvalue weighted by atomic mass is 9.45. The van der Waals surface area contributed by atoms with Gasteiger partial charge in [0.2, 0.25) is 0 Å². The van der Waals surface area contributed by atoms with Crippen LogP contribution in [0.1, 0.15) is 46.5 Å². The van der Waals surface area contributed by atoms with Gasteiger partial charge < -0.3 is 10.2 Å². The average Bonchev–Trinajstić information content (AvgIpc) is 2.92. The number of hydrogen-bond acceptors (Lipinski definition) is 4. The molecular formula is C22H30O4. The zero-order valence-corrected chi connectivity index (χ0v) is 15.9. The van der Waals surface area contributed by atoms with Gasteiger partial charge in [0.25, 0.3) is 0 Å². The van der Waals surface area contributed by atoms with E-state index in [4.69, 9.17) is 0 Å². The fraction of sp³-hybridized carbons (Fsp3) is 0.727. The lowest BCUT2D eigenvalue weighted by Crippen LogP contribution is -2.57. The number of Topliss-reactive ketones (excluding diaryl/α,β-unsaturated/α-hetero) is 1. The summed E-state index contributed by atoms with van der Waals surface area (Å²) >= 11 is 0. The molecule has 0 bridgehead atoms. The maximum Gasteiger partial charge on any atom is 0.178 e. The van der Waals surface area contributed by atoms with E-state index in [1.165, 1.54) is 0 Å². The summed E-state index contributed by atoms with van der Waals surface area (Å²) in [6, 6.07) is 0. The van der Waals surface area contributed by atoms with Crippen molar-refractivity contribution in [3.63, 3.8) is 0 Å². The smallest absolute Gasteiger partial charge is 0.178 e. The van der Waals surface area contributed by atoms with E-state index in [9.17, 15) is 19.8 Å². The van der Waals surface area contributed by atoms with E-state index in [1.807, 2.05) is 6.08 Å². The predicted octanol–water partition coefficient (Wildman–Crippen LogP) is 2.69. The number of carbonyl (C=O) groups excluding carboxylic acids is 2. The van der Waals surface area contributed by atoms with E-state index < -0.39 is 12.7 Å². The van der Waals surface area contributed by atoms with E-state index >= 15 is 0 Å². The molecule has 3 saturated carbocycles. The van der Waals surface area contributed by atoms with Gasteiger partial charge in [0, 0.05) is 17.3 Å². The van der Waals surface area contributed by atoms with E-state index in [-0.39, 0.29) is 34.2 Å². The van der Waals surface area contributed by atoms with Crippen LogP contribution in [0.25, 0.3) is 0 Å². The highest BCUT2D eigenvalue weighted by Gasteiger charge is 2.63. The molecule has 0 spiro atoms. The third kappa shape index (κ3) is 2.27. The summed E-state index contributed by atoms with van der Waals surface area (Å²) in [5, 5.41) is 20.6. The molecule has 0 heterocycles. The minimum atomic E-state index is -0.493. The first kappa shape index (κ1) is 18.1. The molecule has 4 aliphatic carbocycles. The number of aliphatic hydroxyl groups is 2. The van der Waals surface area contributed by atoms with Crippen molar-refractivity contribution in [3.8, 4) is 0 Å². The number of fused-ring (bicyclic) bond motifs is 5. The molecule has 8 atom stereocenters. The molecule has 0 amide bonds. The van der Waals surface area contributed by atoms with Crippen LogP contribution in [-0.4, -0.2) is 34.5 Å². The van der Waals surface area contributed by atoms with Crippen LogP contribution >= 0.6 is 0 Å². The molecule has 0 aromatic rings. The van der Waals surface area contributed by atoms with Crippen LogP contribution in [0, 0.1) is 40.4 Å². The second-order valence-electron chi connectivity index (χ2n) is 9.58. The van der Waals surface area contributed by atoms with Gasteiger partial charge in [0.1, 0.15) is 6.61 Å². The Morgan fingerprint density at radius 1 is 1.31 bits per heavy atom. The van der Waals surface area contributed by atoms with Crippen LogP contribution < -0.4 is 0 Å². The van der Waals surface area contributed by atoms with E-state index in [2.05, 4.69) is 20.8 Å². The summed E-state index contributed by atoms with van der Waals surface area (Å²) in [6.07, 6.45) is 8.35. The molecule has 4 heteroatoms. The van der Waals surface area contributed by atoms with Crippen molar-refractivity contribution in [2.45, 2.75) is 52.6 Å². The van der Waals surface area contributed by atoms with Crippen LogP contribution in [0.15, 0.2) is 23.8 Å². The van der Waals surface area contributed by atoms with Gasteiger partial charge in [-0.15, -0.1) is 0 Å². The first-order valence-electron chi connectivity index (χ1n) is 9.99. The monoisotopic (exact) mass is 358 g/mol. The van der Waals surface area contributed by atoms with Crippen molar-refractivity contribution in [2.75, 3.05) is 6.61 Å². The molecule has 0 aliphatic heterocycles.